The number of rotatable bonds is 6. The Bertz CT molecular complexity index is 820. The second-order valence-corrected chi connectivity index (χ2v) is 6.14. The van der Waals surface area contributed by atoms with Gasteiger partial charge in [0.05, 0.1) is 6.61 Å². The van der Waals surface area contributed by atoms with Crippen LogP contribution in [-0.2, 0) is 16.1 Å². The first kappa shape index (κ1) is 16.2. The van der Waals surface area contributed by atoms with E-state index >= 15 is 0 Å². The number of aromatic nitrogens is 2. The molecule has 0 saturated carbocycles. The standard InChI is InChI=1S/C19H18N2O2S/c1-2-23-19(22)17(13-16-9-6-12-24-16)18-20-10-11-21(18)14-15-7-4-3-5-8-15/h3-13H,2,14H2,1H3. The molecule has 2 heterocycles. The Morgan fingerprint density at radius 1 is 1.25 bits per heavy atom. The first-order valence-corrected chi connectivity index (χ1v) is 8.63. The molecule has 0 bridgehead atoms. The van der Waals surface area contributed by atoms with Crippen LogP contribution >= 0.6 is 11.3 Å². The number of imidazole rings is 1. The van der Waals surface area contributed by atoms with E-state index in [4.69, 9.17) is 4.74 Å². The van der Waals surface area contributed by atoms with Gasteiger partial charge in [-0.05, 0) is 30.0 Å². The average molecular weight is 338 g/mol. The van der Waals surface area contributed by atoms with E-state index in [1.807, 2.05) is 52.6 Å². The number of hydrogen-bond acceptors (Lipinski definition) is 4. The molecule has 2 aromatic heterocycles. The van der Waals surface area contributed by atoms with Gasteiger partial charge < -0.3 is 9.30 Å². The predicted molar refractivity (Wildman–Crippen MR) is 96.6 cm³/mol. The van der Waals surface area contributed by atoms with Crippen LogP contribution in [0.4, 0.5) is 0 Å². The lowest BCUT2D eigenvalue weighted by Crippen LogP contribution is -2.12. The van der Waals surface area contributed by atoms with Crippen molar-refractivity contribution < 1.29 is 9.53 Å². The molecule has 4 nitrogen and oxygen atoms in total. The highest BCUT2D eigenvalue weighted by atomic mass is 32.1. The molecular weight excluding hydrogens is 320 g/mol. The molecule has 0 saturated heterocycles. The molecule has 0 spiro atoms. The second kappa shape index (κ2) is 7.75. The fraction of sp³-hybridized carbons (Fsp3) is 0.158. The van der Waals surface area contributed by atoms with Crippen LogP contribution < -0.4 is 0 Å². The molecule has 1 aromatic carbocycles. The number of nitrogens with zero attached hydrogens (tertiary/aromatic N) is 2. The van der Waals surface area contributed by atoms with Crippen molar-refractivity contribution in [1.29, 1.82) is 0 Å². The van der Waals surface area contributed by atoms with Crippen molar-refractivity contribution in [2.75, 3.05) is 6.61 Å². The van der Waals surface area contributed by atoms with Gasteiger partial charge >= 0.3 is 5.97 Å². The molecule has 0 aliphatic carbocycles. The third-order valence-electron chi connectivity index (χ3n) is 3.48. The van der Waals surface area contributed by atoms with Crippen molar-refractivity contribution in [3.8, 4) is 0 Å². The third-order valence-corrected chi connectivity index (χ3v) is 4.30. The summed E-state index contributed by atoms with van der Waals surface area (Å²) in [4.78, 5) is 17.8. The number of benzene rings is 1. The van der Waals surface area contributed by atoms with E-state index in [1.54, 1.807) is 24.5 Å². The Kier molecular flexibility index (Phi) is 5.23. The largest absolute Gasteiger partial charge is 0.462 e. The van der Waals surface area contributed by atoms with E-state index in [1.165, 1.54) is 0 Å². The van der Waals surface area contributed by atoms with Crippen molar-refractivity contribution in [2.45, 2.75) is 13.5 Å². The number of esters is 1. The lowest BCUT2D eigenvalue weighted by Gasteiger charge is -2.10. The third kappa shape index (κ3) is 3.81. The summed E-state index contributed by atoms with van der Waals surface area (Å²) < 4.78 is 7.19. The Balaban J connectivity index is 1.97. The zero-order chi connectivity index (χ0) is 16.8. The van der Waals surface area contributed by atoms with Crippen LogP contribution in [0.2, 0.25) is 0 Å². The van der Waals surface area contributed by atoms with Gasteiger partial charge in [-0.2, -0.15) is 0 Å². The molecule has 0 atom stereocenters. The molecule has 0 amide bonds. The maximum atomic E-state index is 12.4. The quantitative estimate of drug-likeness (QED) is 0.502. The number of carbonyl (C=O) groups excluding carboxylic acids is 1. The summed E-state index contributed by atoms with van der Waals surface area (Å²) in [6.45, 7) is 2.79. The summed E-state index contributed by atoms with van der Waals surface area (Å²) in [5.74, 6) is 0.261. The summed E-state index contributed by atoms with van der Waals surface area (Å²) >= 11 is 1.57. The van der Waals surface area contributed by atoms with Crippen LogP contribution in [0.25, 0.3) is 11.6 Å². The van der Waals surface area contributed by atoms with E-state index in [0.29, 0.717) is 24.5 Å². The molecule has 0 radical (unpaired) electrons. The van der Waals surface area contributed by atoms with Crippen LogP contribution in [0.1, 0.15) is 23.2 Å². The maximum Gasteiger partial charge on any atom is 0.341 e. The lowest BCUT2D eigenvalue weighted by atomic mass is 10.2. The Morgan fingerprint density at radius 3 is 2.79 bits per heavy atom. The highest BCUT2D eigenvalue weighted by molar-refractivity contribution is 7.10. The van der Waals surface area contributed by atoms with Crippen LogP contribution in [-0.4, -0.2) is 22.1 Å². The van der Waals surface area contributed by atoms with E-state index in [0.717, 1.165) is 10.4 Å². The second-order valence-electron chi connectivity index (χ2n) is 5.16. The minimum absolute atomic E-state index is 0.333. The van der Waals surface area contributed by atoms with Gasteiger partial charge in [0.1, 0.15) is 11.4 Å². The minimum atomic E-state index is -0.355. The molecular formula is C19H18N2O2S. The molecule has 24 heavy (non-hydrogen) atoms. The summed E-state index contributed by atoms with van der Waals surface area (Å²) in [5, 5.41) is 1.98. The van der Waals surface area contributed by atoms with E-state index < -0.39 is 0 Å². The van der Waals surface area contributed by atoms with Crippen LogP contribution in [0.5, 0.6) is 0 Å². The maximum absolute atomic E-state index is 12.4. The monoisotopic (exact) mass is 338 g/mol. The van der Waals surface area contributed by atoms with Gasteiger partial charge in [0.2, 0.25) is 0 Å². The summed E-state index contributed by atoms with van der Waals surface area (Å²) in [6, 6.07) is 14.0. The molecule has 0 aliphatic rings. The van der Waals surface area contributed by atoms with Crippen molar-refractivity contribution in [3.05, 3.63) is 76.5 Å². The Hall–Kier alpha value is -2.66. The summed E-state index contributed by atoms with van der Waals surface area (Å²) in [5.41, 5.74) is 1.62. The number of carbonyl (C=O) groups is 1. The molecule has 0 aliphatic heterocycles. The Morgan fingerprint density at radius 2 is 2.08 bits per heavy atom. The van der Waals surface area contributed by atoms with Crippen molar-refractivity contribution in [3.63, 3.8) is 0 Å². The highest BCUT2D eigenvalue weighted by Crippen LogP contribution is 2.22. The molecule has 122 valence electrons. The smallest absolute Gasteiger partial charge is 0.341 e. The first-order chi connectivity index (χ1) is 11.8. The van der Waals surface area contributed by atoms with Gasteiger partial charge in [-0.25, -0.2) is 9.78 Å². The number of thiophene rings is 1. The lowest BCUT2D eigenvalue weighted by molar-refractivity contribution is -0.136. The molecule has 0 unspecified atom stereocenters. The van der Waals surface area contributed by atoms with Gasteiger partial charge in [0.25, 0.3) is 0 Å². The first-order valence-electron chi connectivity index (χ1n) is 7.75. The Labute approximate surface area is 145 Å². The zero-order valence-electron chi connectivity index (χ0n) is 13.4. The fourth-order valence-corrected chi connectivity index (χ4v) is 3.06. The van der Waals surface area contributed by atoms with E-state index in [9.17, 15) is 4.79 Å². The molecule has 0 N–H and O–H groups in total. The number of hydrogen-bond donors (Lipinski definition) is 0. The normalized spacial score (nSPS) is 11.5. The molecule has 3 aromatic rings. The molecule has 3 rings (SSSR count). The topological polar surface area (TPSA) is 44.1 Å². The highest BCUT2D eigenvalue weighted by Gasteiger charge is 2.19. The SMILES string of the molecule is CCOC(=O)C(=Cc1cccs1)c1nccn1Cc1ccccc1. The van der Waals surface area contributed by atoms with Crippen LogP contribution in [0.3, 0.4) is 0 Å². The van der Waals surface area contributed by atoms with Crippen LogP contribution in [0.15, 0.2) is 60.2 Å². The molecule has 0 fully saturated rings. The van der Waals surface area contributed by atoms with Crippen LogP contribution in [0, 0.1) is 0 Å². The fourth-order valence-electron chi connectivity index (χ4n) is 2.40. The van der Waals surface area contributed by atoms with Gasteiger partial charge in [0, 0.05) is 23.8 Å². The predicted octanol–water partition coefficient (Wildman–Crippen LogP) is 4.10. The summed E-state index contributed by atoms with van der Waals surface area (Å²) in [7, 11) is 0. The van der Waals surface area contributed by atoms with Gasteiger partial charge in [-0.3, -0.25) is 0 Å². The summed E-state index contributed by atoms with van der Waals surface area (Å²) in [6.07, 6.45) is 5.43. The minimum Gasteiger partial charge on any atom is -0.462 e. The zero-order valence-corrected chi connectivity index (χ0v) is 14.2. The van der Waals surface area contributed by atoms with Gasteiger partial charge in [-0.15, -0.1) is 11.3 Å². The van der Waals surface area contributed by atoms with E-state index in [-0.39, 0.29) is 5.97 Å². The van der Waals surface area contributed by atoms with Crippen molar-refractivity contribution in [2.24, 2.45) is 0 Å². The van der Waals surface area contributed by atoms with E-state index in [2.05, 4.69) is 17.1 Å². The van der Waals surface area contributed by atoms with Gasteiger partial charge in [-0.1, -0.05) is 36.4 Å². The van der Waals surface area contributed by atoms with Crippen molar-refractivity contribution >= 4 is 29.0 Å². The number of ether oxygens (including phenoxy) is 1. The van der Waals surface area contributed by atoms with Gasteiger partial charge in [0.15, 0.2) is 0 Å². The average Bonchev–Trinajstić information content (AvgIpc) is 3.25. The van der Waals surface area contributed by atoms with Crippen molar-refractivity contribution in [1.82, 2.24) is 9.55 Å². The molecule has 5 heteroatoms.